The van der Waals surface area contributed by atoms with Gasteiger partial charge in [0.2, 0.25) is 0 Å². The minimum Gasteiger partial charge on any atom is -0.486 e. The van der Waals surface area contributed by atoms with Gasteiger partial charge in [0.15, 0.2) is 11.4 Å². The second-order valence-electron chi connectivity index (χ2n) is 5.37. The van der Waals surface area contributed by atoms with Crippen molar-refractivity contribution in [2.75, 3.05) is 0 Å². The second-order valence-corrected chi connectivity index (χ2v) is 5.81. The SMILES string of the molecule is Cc1c(-c2cccc(Cl)c2)cnc(C#N)c1OCc1ccccc1. The van der Waals surface area contributed by atoms with Crippen molar-refractivity contribution in [2.45, 2.75) is 13.5 Å². The molecular formula is C20H15ClN2O. The third-order valence-corrected chi connectivity index (χ3v) is 3.99. The van der Waals surface area contributed by atoms with Crippen molar-refractivity contribution in [3.05, 3.63) is 82.6 Å². The first-order chi connectivity index (χ1) is 11.7. The van der Waals surface area contributed by atoms with Crippen LogP contribution in [0.4, 0.5) is 0 Å². The van der Waals surface area contributed by atoms with Crippen molar-refractivity contribution in [3.63, 3.8) is 0 Å². The van der Waals surface area contributed by atoms with Crippen molar-refractivity contribution in [1.29, 1.82) is 5.26 Å². The zero-order chi connectivity index (χ0) is 16.9. The normalized spacial score (nSPS) is 10.2. The van der Waals surface area contributed by atoms with Gasteiger partial charge >= 0.3 is 0 Å². The van der Waals surface area contributed by atoms with E-state index < -0.39 is 0 Å². The summed E-state index contributed by atoms with van der Waals surface area (Å²) in [6.07, 6.45) is 1.69. The van der Waals surface area contributed by atoms with E-state index in [2.05, 4.69) is 11.1 Å². The monoisotopic (exact) mass is 334 g/mol. The lowest BCUT2D eigenvalue weighted by molar-refractivity contribution is 0.302. The molecule has 24 heavy (non-hydrogen) atoms. The molecule has 0 saturated heterocycles. The Morgan fingerprint density at radius 1 is 1.12 bits per heavy atom. The highest BCUT2D eigenvalue weighted by Gasteiger charge is 2.14. The predicted octanol–water partition coefficient (Wildman–Crippen LogP) is 5.16. The lowest BCUT2D eigenvalue weighted by Crippen LogP contribution is -2.02. The molecule has 4 heteroatoms. The lowest BCUT2D eigenvalue weighted by atomic mass is 10.0. The fraction of sp³-hybridized carbons (Fsp3) is 0.100. The Morgan fingerprint density at radius 3 is 2.62 bits per heavy atom. The molecule has 1 aromatic heterocycles. The molecule has 0 spiro atoms. The Bertz CT molecular complexity index is 901. The zero-order valence-electron chi connectivity index (χ0n) is 13.2. The van der Waals surface area contributed by atoms with E-state index in [9.17, 15) is 5.26 Å². The Hall–Kier alpha value is -2.83. The standard InChI is InChI=1S/C20H15ClN2O/c1-14-18(16-8-5-9-17(21)10-16)12-23-19(11-22)20(14)24-13-15-6-3-2-4-7-15/h2-10,12H,13H2,1H3. The van der Waals surface area contributed by atoms with Crippen LogP contribution in [0.1, 0.15) is 16.8 Å². The highest BCUT2D eigenvalue weighted by Crippen LogP contribution is 2.32. The lowest BCUT2D eigenvalue weighted by Gasteiger charge is -2.14. The van der Waals surface area contributed by atoms with Gasteiger partial charge in [-0.1, -0.05) is 54.1 Å². The van der Waals surface area contributed by atoms with E-state index in [1.807, 2.05) is 61.5 Å². The van der Waals surface area contributed by atoms with E-state index in [-0.39, 0.29) is 5.69 Å². The van der Waals surface area contributed by atoms with Crippen LogP contribution in [-0.2, 0) is 6.61 Å². The number of hydrogen-bond acceptors (Lipinski definition) is 3. The molecule has 0 unspecified atom stereocenters. The van der Waals surface area contributed by atoms with E-state index in [0.29, 0.717) is 17.4 Å². The van der Waals surface area contributed by atoms with Gasteiger partial charge in [-0.15, -0.1) is 0 Å². The highest BCUT2D eigenvalue weighted by molar-refractivity contribution is 6.30. The van der Waals surface area contributed by atoms with Crippen LogP contribution >= 0.6 is 11.6 Å². The number of hydrogen-bond donors (Lipinski definition) is 0. The van der Waals surface area contributed by atoms with Gasteiger partial charge in [0.1, 0.15) is 12.7 Å². The average Bonchev–Trinajstić information content (AvgIpc) is 2.61. The topological polar surface area (TPSA) is 45.9 Å². The first-order valence-corrected chi connectivity index (χ1v) is 7.89. The molecule has 118 valence electrons. The summed E-state index contributed by atoms with van der Waals surface area (Å²) in [4.78, 5) is 4.25. The summed E-state index contributed by atoms with van der Waals surface area (Å²) in [5, 5.41) is 9.99. The summed E-state index contributed by atoms with van der Waals surface area (Å²) in [5.41, 5.74) is 4.05. The Morgan fingerprint density at radius 2 is 1.92 bits per heavy atom. The molecule has 0 saturated carbocycles. The minimum absolute atomic E-state index is 0.286. The Kier molecular flexibility index (Phi) is 4.79. The number of nitriles is 1. The molecule has 3 nitrogen and oxygen atoms in total. The fourth-order valence-corrected chi connectivity index (χ4v) is 2.71. The van der Waals surface area contributed by atoms with E-state index in [0.717, 1.165) is 22.3 Å². The van der Waals surface area contributed by atoms with Gasteiger partial charge in [0.25, 0.3) is 0 Å². The Balaban J connectivity index is 1.98. The van der Waals surface area contributed by atoms with Gasteiger partial charge < -0.3 is 4.74 Å². The van der Waals surface area contributed by atoms with Crippen LogP contribution in [0, 0.1) is 18.3 Å². The quantitative estimate of drug-likeness (QED) is 0.662. The zero-order valence-corrected chi connectivity index (χ0v) is 13.9. The second kappa shape index (κ2) is 7.16. The number of aromatic nitrogens is 1. The Labute approximate surface area is 146 Å². The maximum atomic E-state index is 9.33. The van der Waals surface area contributed by atoms with Crippen LogP contribution in [0.3, 0.4) is 0 Å². The maximum absolute atomic E-state index is 9.33. The first kappa shape index (κ1) is 16.0. The molecule has 0 radical (unpaired) electrons. The molecule has 0 aliphatic heterocycles. The third kappa shape index (κ3) is 3.40. The van der Waals surface area contributed by atoms with Crippen molar-refractivity contribution in [3.8, 4) is 22.9 Å². The maximum Gasteiger partial charge on any atom is 0.182 e. The molecule has 0 N–H and O–H groups in total. The van der Waals surface area contributed by atoms with Crippen LogP contribution in [-0.4, -0.2) is 4.98 Å². The van der Waals surface area contributed by atoms with Gasteiger partial charge in [-0.25, -0.2) is 4.98 Å². The predicted molar refractivity (Wildman–Crippen MR) is 94.9 cm³/mol. The number of halogens is 1. The molecule has 3 rings (SSSR count). The molecule has 0 bridgehead atoms. The van der Waals surface area contributed by atoms with Crippen LogP contribution in [0.5, 0.6) is 5.75 Å². The molecule has 0 aliphatic rings. The number of pyridine rings is 1. The molecule has 2 aromatic carbocycles. The van der Waals surface area contributed by atoms with Crippen molar-refractivity contribution in [1.82, 2.24) is 4.98 Å². The molecule has 1 heterocycles. The smallest absolute Gasteiger partial charge is 0.182 e. The van der Waals surface area contributed by atoms with Crippen molar-refractivity contribution >= 4 is 11.6 Å². The number of rotatable bonds is 4. The molecule has 0 atom stereocenters. The fourth-order valence-electron chi connectivity index (χ4n) is 2.52. The highest BCUT2D eigenvalue weighted by atomic mass is 35.5. The summed E-state index contributed by atoms with van der Waals surface area (Å²) in [5.74, 6) is 0.513. The molecular weight excluding hydrogens is 320 g/mol. The van der Waals surface area contributed by atoms with Crippen LogP contribution in [0.15, 0.2) is 60.8 Å². The third-order valence-electron chi connectivity index (χ3n) is 3.75. The van der Waals surface area contributed by atoms with Crippen molar-refractivity contribution < 1.29 is 4.74 Å². The van der Waals surface area contributed by atoms with E-state index in [4.69, 9.17) is 16.3 Å². The molecule has 0 aliphatic carbocycles. The summed E-state index contributed by atoms with van der Waals surface area (Å²) in [6.45, 7) is 2.32. The van der Waals surface area contributed by atoms with E-state index >= 15 is 0 Å². The van der Waals surface area contributed by atoms with Crippen LogP contribution in [0.25, 0.3) is 11.1 Å². The first-order valence-electron chi connectivity index (χ1n) is 7.51. The van der Waals surface area contributed by atoms with E-state index in [1.54, 1.807) is 6.20 Å². The van der Waals surface area contributed by atoms with Gasteiger partial charge in [0.05, 0.1) is 0 Å². The van der Waals surface area contributed by atoms with Gasteiger partial charge in [0, 0.05) is 22.3 Å². The number of nitrogens with zero attached hydrogens (tertiary/aromatic N) is 2. The average molecular weight is 335 g/mol. The molecule has 0 amide bonds. The minimum atomic E-state index is 0.286. The van der Waals surface area contributed by atoms with E-state index in [1.165, 1.54) is 0 Å². The van der Waals surface area contributed by atoms with Gasteiger partial charge in [-0.2, -0.15) is 5.26 Å². The summed E-state index contributed by atoms with van der Waals surface area (Å²) in [6, 6.07) is 19.5. The van der Waals surface area contributed by atoms with Crippen LogP contribution in [0.2, 0.25) is 5.02 Å². The van der Waals surface area contributed by atoms with Crippen LogP contribution < -0.4 is 4.74 Å². The van der Waals surface area contributed by atoms with Crippen molar-refractivity contribution in [2.24, 2.45) is 0 Å². The number of ether oxygens (including phenoxy) is 1. The van der Waals surface area contributed by atoms with Gasteiger partial charge in [-0.3, -0.25) is 0 Å². The largest absolute Gasteiger partial charge is 0.486 e. The molecule has 0 fully saturated rings. The van der Waals surface area contributed by atoms with Gasteiger partial charge in [-0.05, 0) is 30.2 Å². The number of benzene rings is 2. The summed E-state index contributed by atoms with van der Waals surface area (Å²) < 4.78 is 5.92. The molecule has 3 aromatic rings. The summed E-state index contributed by atoms with van der Waals surface area (Å²) in [7, 11) is 0. The summed E-state index contributed by atoms with van der Waals surface area (Å²) >= 11 is 6.08.